The Bertz CT molecular complexity index is 721. The van der Waals surface area contributed by atoms with Gasteiger partial charge in [0.05, 0.1) is 0 Å². The van der Waals surface area contributed by atoms with Crippen LogP contribution in [-0.4, -0.2) is 46.2 Å². The number of aromatic nitrogens is 2. The molecule has 6 nitrogen and oxygen atoms in total. The molecule has 0 spiro atoms. The second-order valence-electron chi connectivity index (χ2n) is 4.62. The van der Waals surface area contributed by atoms with Crippen molar-refractivity contribution >= 4 is 43.9 Å². The van der Waals surface area contributed by atoms with Crippen molar-refractivity contribution in [2.45, 2.75) is 23.6 Å². The molecule has 1 unspecified atom stereocenters. The zero-order chi connectivity index (χ0) is 14.3. The molecule has 1 saturated heterocycles. The number of nitrogens with two attached hydrogens (primary N) is 1. The Kier molecular flexibility index (Phi) is 3.69. The predicted octanol–water partition coefficient (Wildman–Crippen LogP) is 1.49. The van der Waals surface area contributed by atoms with Crippen LogP contribution in [0.1, 0.15) is 13.3 Å². The molecule has 2 N–H and O–H groups in total. The highest BCUT2D eigenvalue weighted by Crippen LogP contribution is 2.30. The van der Waals surface area contributed by atoms with Crippen LogP contribution in [0.4, 0.5) is 5.82 Å². The minimum absolute atomic E-state index is 0.0862. The highest BCUT2D eigenvalue weighted by atomic mass is 32.2. The highest BCUT2D eigenvalue weighted by Gasteiger charge is 2.34. The number of fused-ring (bicyclic) bond motifs is 1. The number of thiazole rings is 1. The molecule has 1 atom stereocenters. The van der Waals surface area contributed by atoms with Crippen molar-refractivity contribution < 1.29 is 8.42 Å². The molecule has 2 aromatic rings. The molecule has 0 aromatic carbocycles. The van der Waals surface area contributed by atoms with E-state index in [0.29, 0.717) is 23.3 Å². The molecule has 0 saturated carbocycles. The van der Waals surface area contributed by atoms with Gasteiger partial charge in [-0.25, -0.2) is 13.4 Å². The fraction of sp³-hybridized carbons (Fsp3) is 0.545. The number of rotatable bonds is 3. The second-order valence-corrected chi connectivity index (χ2v) is 8.76. The van der Waals surface area contributed by atoms with E-state index in [1.807, 2.05) is 17.1 Å². The normalized spacial score (nSPS) is 21.6. The van der Waals surface area contributed by atoms with E-state index in [-0.39, 0.29) is 10.8 Å². The van der Waals surface area contributed by atoms with Crippen LogP contribution in [0.5, 0.6) is 0 Å². The van der Waals surface area contributed by atoms with Crippen molar-refractivity contribution in [3.8, 4) is 0 Å². The molecule has 1 aliphatic rings. The lowest BCUT2D eigenvalue weighted by molar-refractivity contribution is 0.414. The maximum absolute atomic E-state index is 12.8. The minimum Gasteiger partial charge on any atom is -0.381 e. The van der Waals surface area contributed by atoms with Crippen LogP contribution in [0.25, 0.3) is 4.96 Å². The number of imidazole rings is 1. The number of hydrogen-bond donors (Lipinski definition) is 1. The SMILES string of the molecule is CCC1CN(S(=O)(=O)c2c(N)nc3sccn23)CCS1. The molecule has 3 heterocycles. The zero-order valence-corrected chi connectivity index (χ0v) is 13.5. The summed E-state index contributed by atoms with van der Waals surface area (Å²) in [6.07, 6.45) is 2.67. The summed E-state index contributed by atoms with van der Waals surface area (Å²) in [4.78, 5) is 4.73. The second kappa shape index (κ2) is 5.21. The van der Waals surface area contributed by atoms with Gasteiger partial charge in [0.25, 0.3) is 10.0 Å². The number of thioether (sulfide) groups is 1. The van der Waals surface area contributed by atoms with Gasteiger partial charge in [-0.1, -0.05) is 6.92 Å². The third-order valence-electron chi connectivity index (χ3n) is 3.38. The van der Waals surface area contributed by atoms with Crippen LogP contribution in [0.2, 0.25) is 0 Å². The minimum atomic E-state index is -3.59. The predicted molar refractivity (Wildman–Crippen MR) is 82.8 cm³/mol. The smallest absolute Gasteiger partial charge is 0.262 e. The first-order valence-electron chi connectivity index (χ1n) is 6.36. The zero-order valence-electron chi connectivity index (χ0n) is 11.0. The molecule has 1 fully saturated rings. The van der Waals surface area contributed by atoms with Crippen LogP contribution in [-0.2, 0) is 10.0 Å². The topological polar surface area (TPSA) is 80.7 Å². The lowest BCUT2D eigenvalue weighted by Crippen LogP contribution is -2.42. The van der Waals surface area contributed by atoms with E-state index in [4.69, 9.17) is 5.73 Å². The van der Waals surface area contributed by atoms with E-state index < -0.39 is 10.0 Å². The van der Waals surface area contributed by atoms with Gasteiger partial charge in [0, 0.05) is 35.7 Å². The van der Waals surface area contributed by atoms with Gasteiger partial charge in [-0.3, -0.25) is 4.40 Å². The Hall–Kier alpha value is -0.770. The molecule has 0 radical (unpaired) electrons. The number of anilines is 1. The fourth-order valence-electron chi connectivity index (χ4n) is 2.32. The Balaban J connectivity index is 2.03. The van der Waals surface area contributed by atoms with Gasteiger partial charge in [0.2, 0.25) is 0 Å². The molecule has 0 aliphatic carbocycles. The molecule has 20 heavy (non-hydrogen) atoms. The Morgan fingerprint density at radius 2 is 2.35 bits per heavy atom. The van der Waals surface area contributed by atoms with E-state index in [9.17, 15) is 8.42 Å². The van der Waals surface area contributed by atoms with Crippen LogP contribution in [0.3, 0.4) is 0 Å². The molecule has 1 aliphatic heterocycles. The van der Waals surface area contributed by atoms with Crippen molar-refractivity contribution in [1.29, 1.82) is 0 Å². The molecule has 0 bridgehead atoms. The maximum Gasteiger partial charge on any atom is 0.262 e. The third kappa shape index (κ3) is 2.22. The van der Waals surface area contributed by atoms with Crippen molar-refractivity contribution in [2.24, 2.45) is 0 Å². The van der Waals surface area contributed by atoms with Crippen molar-refractivity contribution in [3.63, 3.8) is 0 Å². The summed E-state index contributed by atoms with van der Waals surface area (Å²) in [6.45, 7) is 3.15. The summed E-state index contributed by atoms with van der Waals surface area (Å²) in [5.74, 6) is 0.909. The van der Waals surface area contributed by atoms with Crippen LogP contribution in [0.15, 0.2) is 16.6 Å². The van der Waals surface area contributed by atoms with Gasteiger partial charge in [-0.2, -0.15) is 16.1 Å². The lowest BCUT2D eigenvalue weighted by atomic mass is 10.3. The lowest BCUT2D eigenvalue weighted by Gasteiger charge is -2.30. The summed E-state index contributed by atoms with van der Waals surface area (Å²) >= 11 is 3.21. The first-order valence-corrected chi connectivity index (χ1v) is 9.73. The average Bonchev–Trinajstić information content (AvgIpc) is 2.98. The summed E-state index contributed by atoms with van der Waals surface area (Å²) in [6, 6.07) is 0. The first kappa shape index (κ1) is 14.2. The van der Waals surface area contributed by atoms with E-state index in [2.05, 4.69) is 11.9 Å². The summed E-state index contributed by atoms with van der Waals surface area (Å²) in [5, 5.41) is 2.27. The Morgan fingerprint density at radius 1 is 1.55 bits per heavy atom. The Labute approximate surface area is 126 Å². The number of sulfonamides is 1. The van der Waals surface area contributed by atoms with Crippen LogP contribution < -0.4 is 5.73 Å². The van der Waals surface area contributed by atoms with E-state index >= 15 is 0 Å². The molecule has 110 valence electrons. The van der Waals surface area contributed by atoms with Crippen LogP contribution >= 0.6 is 23.1 Å². The average molecular weight is 332 g/mol. The van der Waals surface area contributed by atoms with Crippen molar-refractivity contribution in [1.82, 2.24) is 13.7 Å². The monoisotopic (exact) mass is 332 g/mol. The van der Waals surface area contributed by atoms with E-state index in [1.165, 1.54) is 15.6 Å². The quantitative estimate of drug-likeness (QED) is 0.921. The third-order valence-corrected chi connectivity index (χ3v) is 7.42. The molecular weight excluding hydrogens is 316 g/mol. The largest absolute Gasteiger partial charge is 0.381 e. The summed E-state index contributed by atoms with van der Waals surface area (Å²) in [7, 11) is -3.59. The fourth-order valence-corrected chi connectivity index (χ4v) is 6.15. The Morgan fingerprint density at radius 3 is 3.10 bits per heavy atom. The molecule has 9 heteroatoms. The van der Waals surface area contributed by atoms with Gasteiger partial charge in [0.1, 0.15) is 0 Å². The first-order chi connectivity index (χ1) is 9.54. The van der Waals surface area contributed by atoms with Gasteiger partial charge < -0.3 is 5.73 Å². The van der Waals surface area contributed by atoms with Crippen molar-refractivity contribution in [3.05, 3.63) is 11.6 Å². The maximum atomic E-state index is 12.8. The standard InChI is InChI=1S/C11H16N4O2S3/c1-2-8-7-14(3-5-18-8)20(16,17)10-9(12)13-11-15(10)4-6-19-11/h4,6,8H,2-3,5,7,12H2,1H3. The number of nitrogen functional groups attached to an aromatic ring is 1. The van der Waals surface area contributed by atoms with Crippen molar-refractivity contribution in [2.75, 3.05) is 24.6 Å². The van der Waals surface area contributed by atoms with E-state index in [1.54, 1.807) is 10.6 Å². The van der Waals surface area contributed by atoms with E-state index in [0.717, 1.165) is 12.2 Å². The summed E-state index contributed by atoms with van der Waals surface area (Å²) in [5.41, 5.74) is 5.82. The van der Waals surface area contributed by atoms with Gasteiger partial charge in [-0.05, 0) is 6.42 Å². The molecular formula is C11H16N4O2S3. The number of nitrogens with zero attached hydrogens (tertiary/aromatic N) is 3. The highest BCUT2D eigenvalue weighted by molar-refractivity contribution is 8.00. The molecule has 0 amide bonds. The summed E-state index contributed by atoms with van der Waals surface area (Å²) < 4.78 is 28.8. The van der Waals surface area contributed by atoms with Gasteiger partial charge in [-0.15, -0.1) is 11.3 Å². The molecule has 2 aromatic heterocycles. The molecule has 3 rings (SSSR count). The van der Waals surface area contributed by atoms with Gasteiger partial charge in [0.15, 0.2) is 15.8 Å². The number of hydrogen-bond acceptors (Lipinski definition) is 6. The van der Waals surface area contributed by atoms with Gasteiger partial charge >= 0.3 is 0 Å². The van der Waals surface area contributed by atoms with Crippen LogP contribution in [0, 0.1) is 0 Å².